The molecule has 7 nitrogen and oxygen atoms in total. The van der Waals surface area contributed by atoms with E-state index in [2.05, 4.69) is 11.9 Å². The number of amides is 3. The first-order valence-corrected chi connectivity index (χ1v) is 8.64. The normalized spacial score (nSPS) is 12.5. The minimum Gasteiger partial charge on any atom is -0.452 e. The fraction of sp³-hybridized carbons (Fsp3) is 0.100. The van der Waals surface area contributed by atoms with Crippen LogP contribution in [-0.2, 0) is 9.53 Å². The second-order valence-corrected chi connectivity index (χ2v) is 6.23. The molecule has 142 valence electrons. The summed E-state index contributed by atoms with van der Waals surface area (Å²) >= 11 is 6.10. The molecule has 2 aromatic rings. The highest BCUT2D eigenvalue weighted by Gasteiger charge is 2.38. The molecule has 0 saturated carbocycles. The van der Waals surface area contributed by atoms with E-state index in [1.165, 1.54) is 24.3 Å². The third-order valence-corrected chi connectivity index (χ3v) is 4.31. The van der Waals surface area contributed by atoms with Crippen LogP contribution >= 0.6 is 11.6 Å². The Hall–Kier alpha value is -3.45. The van der Waals surface area contributed by atoms with Crippen LogP contribution in [0.3, 0.4) is 0 Å². The van der Waals surface area contributed by atoms with Gasteiger partial charge >= 0.3 is 5.97 Å². The minimum atomic E-state index is -0.784. The molecule has 0 unspecified atom stereocenters. The van der Waals surface area contributed by atoms with Crippen LogP contribution in [0.15, 0.2) is 55.1 Å². The summed E-state index contributed by atoms with van der Waals surface area (Å²) in [5.74, 6) is -2.39. The van der Waals surface area contributed by atoms with Crippen LogP contribution in [0.2, 0.25) is 5.02 Å². The third-order valence-electron chi connectivity index (χ3n) is 3.99. The van der Waals surface area contributed by atoms with E-state index in [0.717, 1.165) is 4.90 Å². The Morgan fingerprint density at radius 3 is 2.54 bits per heavy atom. The molecule has 0 spiro atoms. The maximum Gasteiger partial charge on any atom is 0.338 e. The molecular weight excluding hydrogens is 384 g/mol. The van der Waals surface area contributed by atoms with Crippen molar-refractivity contribution >= 4 is 41.0 Å². The van der Waals surface area contributed by atoms with Gasteiger partial charge in [0.2, 0.25) is 0 Å². The molecule has 0 atom stereocenters. The molecule has 0 aliphatic carbocycles. The molecule has 0 bridgehead atoms. The van der Waals surface area contributed by atoms with E-state index < -0.39 is 30.3 Å². The Morgan fingerprint density at radius 2 is 1.82 bits per heavy atom. The number of hydrogen-bond acceptors (Lipinski definition) is 5. The first kappa shape index (κ1) is 19.3. The number of esters is 1. The van der Waals surface area contributed by atoms with Crippen molar-refractivity contribution in [3.63, 3.8) is 0 Å². The van der Waals surface area contributed by atoms with Crippen molar-refractivity contribution in [2.75, 3.05) is 18.1 Å². The number of para-hydroxylation sites is 1. The van der Waals surface area contributed by atoms with Gasteiger partial charge in [0.05, 0.1) is 27.4 Å². The van der Waals surface area contributed by atoms with Crippen LogP contribution < -0.4 is 10.2 Å². The molecule has 0 aromatic heterocycles. The molecule has 3 amide bonds. The summed E-state index contributed by atoms with van der Waals surface area (Å²) in [6.45, 7) is 3.24. The van der Waals surface area contributed by atoms with Crippen molar-refractivity contribution < 1.29 is 23.9 Å². The number of benzene rings is 2. The Morgan fingerprint density at radius 1 is 1.11 bits per heavy atom. The van der Waals surface area contributed by atoms with Crippen LogP contribution in [0.5, 0.6) is 0 Å². The van der Waals surface area contributed by atoms with Gasteiger partial charge < -0.3 is 10.1 Å². The van der Waals surface area contributed by atoms with Gasteiger partial charge in [0, 0.05) is 6.54 Å². The molecule has 1 aliphatic heterocycles. The summed E-state index contributed by atoms with van der Waals surface area (Å²) in [5, 5.41) is 2.72. The number of rotatable bonds is 6. The van der Waals surface area contributed by atoms with E-state index in [-0.39, 0.29) is 33.9 Å². The second-order valence-electron chi connectivity index (χ2n) is 5.83. The molecule has 8 heteroatoms. The number of hydrogen-bond donors (Lipinski definition) is 1. The van der Waals surface area contributed by atoms with E-state index in [9.17, 15) is 19.2 Å². The third kappa shape index (κ3) is 3.65. The van der Waals surface area contributed by atoms with Crippen molar-refractivity contribution in [1.29, 1.82) is 0 Å². The number of anilines is 1. The number of imide groups is 1. The maximum atomic E-state index is 12.7. The Bertz CT molecular complexity index is 1000. The predicted octanol–water partition coefficient (Wildman–Crippen LogP) is 2.60. The number of carbonyl (C=O) groups is 4. The number of carbonyl (C=O) groups excluding carboxylic acids is 4. The SMILES string of the molecule is C=CCNC(=O)COC(=O)c1ccc2c(c1)C(=O)N(c1ccccc1Cl)C2=O. The van der Waals surface area contributed by atoms with Gasteiger partial charge in [0.15, 0.2) is 6.61 Å². The average Bonchev–Trinajstić information content (AvgIpc) is 2.95. The highest BCUT2D eigenvalue weighted by molar-refractivity contribution is 6.39. The zero-order valence-electron chi connectivity index (χ0n) is 14.6. The van der Waals surface area contributed by atoms with Gasteiger partial charge in [-0.25, -0.2) is 9.69 Å². The predicted molar refractivity (Wildman–Crippen MR) is 103 cm³/mol. The van der Waals surface area contributed by atoms with Crippen LogP contribution in [0.25, 0.3) is 0 Å². The van der Waals surface area contributed by atoms with E-state index in [0.29, 0.717) is 0 Å². The number of nitrogens with one attached hydrogen (secondary N) is 1. The summed E-state index contributed by atoms with van der Waals surface area (Å²) in [4.78, 5) is 50.0. The van der Waals surface area contributed by atoms with E-state index in [1.807, 2.05) is 0 Å². The minimum absolute atomic E-state index is 0.0532. The first-order chi connectivity index (χ1) is 13.4. The van der Waals surface area contributed by atoms with Crippen LogP contribution in [0.1, 0.15) is 31.1 Å². The van der Waals surface area contributed by atoms with Crippen molar-refractivity contribution in [3.05, 3.63) is 76.8 Å². The maximum absolute atomic E-state index is 12.7. The van der Waals surface area contributed by atoms with Gasteiger partial charge in [0.1, 0.15) is 0 Å². The lowest BCUT2D eigenvalue weighted by atomic mass is 10.1. The van der Waals surface area contributed by atoms with Gasteiger partial charge in [-0.05, 0) is 30.3 Å². The molecule has 0 fully saturated rings. The Labute approximate surface area is 165 Å². The highest BCUT2D eigenvalue weighted by atomic mass is 35.5. The molecule has 0 radical (unpaired) electrons. The quantitative estimate of drug-likeness (QED) is 0.458. The first-order valence-electron chi connectivity index (χ1n) is 8.26. The number of fused-ring (bicyclic) bond motifs is 1. The highest BCUT2D eigenvalue weighted by Crippen LogP contribution is 2.33. The second kappa shape index (κ2) is 8.06. The number of nitrogens with zero attached hydrogens (tertiary/aromatic N) is 1. The zero-order chi connectivity index (χ0) is 20.3. The smallest absolute Gasteiger partial charge is 0.338 e. The van der Waals surface area contributed by atoms with Gasteiger partial charge in [-0.2, -0.15) is 0 Å². The fourth-order valence-corrected chi connectivity index (χ4v) is 2.89. The Kier molecular flexibility index (Phi) is 5.56. The molecule has 1 aliphatic rings. The van der Waals surface area contributed by atoms with Crippen LogP contribution in [-0.4, -0.2) is 36.8 Å². The van der Waals surface area contributed by atoms with Crippen molar-refractivity contribution in [3.8, 4) is 0 Å². The summed E-state index contributed by atoms with van der Waals surface area (Å²) in [6, 6.07) is 10.5. The van der Waals surface area contributed by atoms with Gasteiger partial charge in [-0.1, -0.05) is 29.8 Å². The van der Waals surface area contributed by atoms with Crippen LogP contribution in [0.4, 0.5) is 5.69 Å². The number of ether oxygens (including phenoxy) is 1. The Balaban J connectivity index is 1.80. The fourth-order valence-electron chi connectivity index (χ4n) is 2.67. The average molecular weight is 399 g/mol. The lowest BCUT2D eigenvalue weighted by Gasteiger charge is -2.15. The molecule has 0 saturated heterocycles. The molecule has 1 N–H and O–H groups in total. The van der Waals surface area contributed by atoms with Crippen LogP contribution in [0, 0.1) is 0 Å². The zero-order valence-corrected chi connectivity index (χ0v) is 15.4. The monoisotopic (exact) mass is 398 g/mol. The largest absolute Gasteiger partial charge is 0.452 e. The van der Waals surface area contributed by atoms with Gasteiger partial charge in [-0.3, -0.25) is 14.4 Å². The molecule has 3 rings (SSSR count). The number of halogens is 1. The summed E-state index contributed by atoms with van der Waals surface area (Å²) in [6.07, 6.45) is 1.49. The molecule has 2 aromatic carbocycles. The van der Waals surface area contributed by atoms with Crippen molar-refractivity contribution in [2.24, 2.45) is 0 Å². The lowest BCUT2D eigenvalue weighted by Crippen LogP contribution is -2.29. The van der Waals surface area contributed by atoms with E-state index in [4.69, 9.17) is 16.3 Å². The standard InChI is InChI=1S/C20H15ClN2O5/c1-2-9-22-17(24)11-28-20(27)12-7-8-13-14(10-12)19(26)23(18(13)25)16-6-4-3-5-15(16)21/h2-8,10H,1,9,11H2,(H,22,24). The summed E-state index contributed by atoms with van der Waals surface area (Å²) in [7, 11) is 0. The summed E-state index contributed by atoms with van der Waals surface area (Å²) in [5.41, 5.74) is 0.538. The van der Waals surface area contributed by atoms with Gasteiger partial charge in [0.25, 0.3) is 17.7 Å². The topological polar surface area (TPSA) is 92.8 Å². The molecular formula is C20H15ClN2O5. The van der Waals surface area contributed by atoms with E-state index >= 15 is 0 Å². The van der Waals surface area contributed by atoms with Gasteiger partial charge in [-0.15, -0.1) is 6.58 Å². The lowest BCUT2D eigenvalue weighted by molar-refractivity contribution is -0.124. The molecule has 1 heterocycles. The van der Waals surface area contributed by atoms with Crippen molar-refractivity contribution in [2.45, 2.75) is 0 Å². The van der Waals surface area contributed by atoms with Crippen molar-refractivity contribution in [1.82, 2.24) is 5.32 Å². The van der Waals surface area contributed by atoms with E-state index in [1.54, 1.807) is 24.3 Å². The summed E-state index contributed by atoms with van der Waals surface area (Å²) < 4.78 is 4.92. The molecule has 28 heavy (non-hydrogen) atoms.